The van der Waals surface area contributed by atoms with Crippen LogP contribution >= 0.6 is 11.6 Å². The lowest BCUT2D eigenvalue weighted by atomic mass is 10.1. The molecule has 0 saturated carbocycles. The maximum Gasteiger partial charge on any atom is 0.490 e. The van der Waals surface area contributed by atoms with Crippen LogP contribution in [0.4, 0.5) is 30.2 Å². The fourth-order valence-electron chi connectivity index (χ4n) is 3.83. The molecule has 4 rings (SSSR count). The third kappa shape index (κ3) is 8.01. The molecule has 44 heavy (non-hydrogen) atoms. The third-order valence-corrected chi connectivity index (χ3v) is 6.22. The molecule has 0 aliphatic heterocycles. The van der Waals surface area contributed by atoms with Gasteiger partial charge < -0.3 is 30.8 Å². The van der Waals surface area contributed by atoms with Crippen LogP contribution in [0.5, 0.6) is 6.01 Å². The van der Waals surface area contributed by atoms with Gasteiger partial charge in [-0.05, 0) is 55.8 Å². The molecule has 0 fully saturated rings. The number of ether oxygens (including phenoxy) is 1. The number of carboxylic acids is 1. The van der Waals surface area contributed by atoms with E-state index in [1.165, 1.54) is 25.3 Å². The molecule has 0 unspecified atom stereocenters. The normalized spacial score (nSPS) is 10.9. The second-order valence-electron chi connectivity index (χ2n) is 9.07. The van der Waals surface area contributed by atoms with Crippen molar-refractivity contribution in [1.82, 2.24) is 15.0 Å². The number of alkyl halides is 3. The quantitative estimate of drug-likeness (QED) is 0.207. The van der Waals surface area contributed by atoms with E-state index < -0.39 is 23.6 Å². The van der Waals surface area contributed by atoms with E-state index in [9.17, 15) is 27.6 Å². The maximum absolute atomic E-state index is 13.4. The highest BCUT2D eigenvalue weighted by molar-refractivity contribution is 6.34. The Labute approximate surface area is 252 Å². The molecule has 0 spiro atoms. The Morgan fingerprint density at radius 3 is 2.41 bits per heavy atom. The molecule has 0 atom stereocenters. The van der Waals surface area contributed by atoms with Crippen molar-refractivity contribution in [2.45, 2.75) is 26.4 Å². The van der Waals surface area contributed by atoms with Gasteiger partial charge in [0.1, 0.15) is 11.2 Å². The van der Waals surface area contributed by atoms with Gasteiger partial charge in [-0.25, -0.2) is 4.79 Å². The Morgan fingerprint density at radius 2 is 1.82 bits per heavy atom. The summed E-state index contributed by atoms with van der Waals surface area (Å²) < 4.78 is 36.8. The zero-order chi connectivity index (χ0) is 32.8. The number of nitrogen functional groups attached to an aromatic ring is 1. The van der Waals surface area contributed by atoms with Crippen LogP contribution in [-0.4, -0.2) is 57.7 Å². The number of aromatic nitrogens is 3. The molecule has 16 heteroatoms. The van der Waals surface area contributed by atoms with Crippen LogP contribution in [-0.2, 0) is 4.79 Å². The summed E-state index contributed by atoms with van der Waals surface area (Å²) in [6.45, 7) is 4.14. The molecule has 2 heterocycles. The van der Waals surface area contributed by atoms with Gasteiger partial charge in [-0.3, -0.25) is 14.4 Å². The molecule has 0 saturated heterocycles. The number of nitrogens with zero attached hydrogens (tertiary/aromatic N) is 3. The number of nitrogens with two attached hydrogens (primary N) is 1. The van der Waals surface area contributed by atoms with Gasteiger partial charge in [0, 0.05) is 28.9 Å². The van der Waals surface area contributed by atoms with Gasteiger partial charge in [0.15, 0.2) is 0 Å². The van der Waals surface area contributed by atoms with Crippen LogP contribution in [0.1, 0.15) is 39.8 Å². The summed E-state index contributed by atoms with van der Waals surface area (Å²) >= 11 is 6.33. The zero-order valence-electron chi connectivity index (χ0n) is 23.5. The number of nitrogens with one attached hydrogen (secondary N) is 2. The minimum Gasteiger partial charge on any atom is -0.475 e. The van der Waals surface area contributed by atoms with Crippen LogP contribution in [0, 0.1) is 6.92 Å². The number of pyridine rings is 1. The fraction of sp³-hybridized carbons (Fsp3) is 0.214. The van der Waals surface area contributed by atoms with E-state index in [1.807, 2.05) is 6.92 Å². The average molecular weight is 635 g/mol. The van der Waals surface area contributed by atoms with Gasteiger partial charge in [-0.15, -0.1) is 0 Å². The number of aliphatic carboxylic acids is 1. The van der Waals surface area contributed by atoms with E-state index in [0.29, 0.717) is 34.6 Å². The number of H-pyrrole nitrogens is 1. The number of rotatable bonds is 7. The summed E-state index contributed by atoms with van der Waals surface area (Å²) in [6.07, 6.45) is -4.36. The van der Waals surface area contributed by atoms with Gasteiger partial charge in [0.25, 0.3) is 17.4 Å². The molecule has 232 valence electrons. The van der Waals surface area contributed by atoms with Crippen LogP contribution in [0.15, 0.2) is 53.3 Å². The number of carbonyl (C=O) groups is 3. The van der Waals surface area contributed by atoms with Crippen LogP contribution in [0.25, 0.3) is 11.0 Å². The van der Waals surface area contributed by atoms with E-state index in [-0.39, 0.29) is 33.8 Å². The van der Waals surface area contributed by atoms with E-state index in [0.717, 1.165) is 6.42 Å². The number of benzene rings is 2. The number of amides is 2. The minimum atomic E-state index is -5.08. The number of hydrogen-bond acceptors (Lipinski definition) is 8. The van der Waals surface area contributed by atoms with Crippen molar-refractivity contribution in [2.75, 3.05) is 29.6 Å². The molecule has 0 aliphatic carbocycles. The lowest BCUT2D eigenvalue weighted by Gasteiger charge is -2.23. The largest absolute Gasteiger partial charge is 0.490 e. The highest BCUT2D eigenvalue weighted by atomic mass is 35.5. The average Bonchev–Trinajstić information content (AvgIpc) is 2.96. The number of methoxy groups -OCH3 is 1. The molecular weight excluding hydrogens is 609 g/mol. The van der Waals surface area contributed by atoms with Gasteiger partial charge in [-0.2, -0.15) is 23.1 Å². The number of carboxylic acid groups (broad SMARTS) is 1. The summed E-state index contributed by atoms with van der Waals surface area (Å²) in [5.41, 5.74) is 7.55. The molecular formula is C28H26ClF3N6O6. The summed E-state index contributed by atoms with van der Waals surface area (Å²) in [6, 6.07) is 13.1. The predicted octanol–water partition coefficient (Wildman–Crippen LogP) is 4.81. The van der Waals surface area contributed by atoms with Gasteiger partial charge >= 0.3 is 18.2 Å². The highest BCUT2D eigenvalue weighted by Crippen LogP contribution is 2.27. The molecule has 0 aliphatic rings. The summed E-state index contributed by atoms with van der Waals surface area (Å²) in [5, 5.41) is 10.5. The van der Waals surface area contributed by atoms with E-state index in [2.05, 4.69) is 20.3 Å². The molecule has 0 radical (unpaired) electrons. The number of anilines is 3. The van der Waals surface area contributed by atoms with E-state index in [4.69, 9.17) is 32.0 Å². The smallest absolute Gasteiger partial charge is 0.475 e. The molecule has 2 aromatic heterocycles. The van der Waals surface area contributed by atoms with Crippen molar-refractivity contribution in [3.05, 3.63) is 80.7 Å². The first-order valence-electron chi connectivity index (χ1n) is 12.7. The number of halogens is 4. The Hall–Kier alpha value is -5.18. The lowest BCUT2D eigenvalue weighted by Crippen LogP contribution is -2.32. The number of fused-ring (bicyclic) bond motifs is 1. The van der Waals surface area contributed by atoms with Crippen molar-refractivity contribution in [3.8, 4) is 6.01 Å². The predicted molar refractivity (Wildman–Crippen MR) is 157 cm³/mol. The number of carbonyl (C=O) groups excluding carboxylic acids is 2. The topological polar surface area (TPSA) is 181 Å². The fourth-order valence-corrected chi connectivity index (χ4v) is 4.00. The Balaban J connectivity index is 0.000000676. The minimum absolute atomic E-state index is 0.0985. The Kier molecular flexibility index (Phi) is 10.5. The first-order chi connectivity index (χ1) is 20.7. The molecule has 4 aromatic rings. The molecule has 12 nitrogen and oxygen atoms in total. The standard InChI is InChI=1S/C26H25ClN6O4.C2HF3O2/c1-4-10-33(17-7-5-6-16(28)12-17)25(36)15-8-9-20(27)21(11-15)30-23(34)19-13-18-14(2)29-26(37-3)32-22(18)31-24(19)35;3-2(4,5)1(6)7/h5-9,11-13H,4,10,28H2,1-3H3,(H,30,34)(H,29,31,32,35);(H,6,7). The Bertz CT molecular complexity index is 1780. The van der Waals surface area contributed by atoms with Crippen LogP contribution in [0.2, 0.25) is 5.02 Å². The van der Waals surface area contributed by atoms with Gasteiger partial charge in [-0.1, -0.05) is 24.6 Å². The van der Waals surface area contributed by atoms with Gasteiger partial charge in [0.2, 0.25) is 0 Å². The van der Waals surface area contributed by atoms with E-state index in [1.54, 1.807) is 42.2 Å². The second-order valence-corrected chi connectivity index (χ2v) is 9.48. The van der Waals surface area contributed by atoms with Crippen molar-refractivity contribution < 1.29 is 37.4 Å². The molecule has 5 N–H and O–H groups in total. The van der Waals surface area contributed by atoms with Crippen molar-refractivity contribution >= 4 is 57.5 Å². The summed E-state index contributed by atoms with van der Waals surface area (Å²) in [5.74, 6) is -3.75. The first kappa shape index (κ1) is 33.3. The molecule has 0 bridgehead atoms. The van der Waals surface area contributed by atoms with Gasteiger partial charge in [0.05, 0.1) is 23.5 Å². The third-order valence-electron chi connectivity index (χ3n) is 5.89. The van der Waals surface area contributed by atoms with Crippen molar-refractivity contribution in [2.24, 2.45) is 0 Å². The molecule has 2 aromatic carbocycles. The zero-order valence-corrected chi connectivity index (χ0v) is 24.2. The number of aryl methyl sites for hydroxylation is 1. The van der Waals surface area contributed by atoms with Crippen LogP contribution in [0.3, 0.4) is 0 Å². The monoisotopic (exact) mass is 634 g/mol. The van der Waals surface area contributed by atoms with Crippen LogP contribution < -0.4 is 26.2 Å². The maximum atomic E-state index is 13.4. The van der Waals surface area contributed by atoms with E-state index >= 15 is 0 Å². The number of hydrogen-bond donors (Lipinski definition) is 4. The van der Waals surface area contributed by atoms with Crippen molar-refractivity contribution in [3.63, 3.8) is 0 Å². The van der Waals surface area contributed by atoms with Crippen molar-refractivity contribution in [1.29, 1.82) is 0 Å². The Morgan fingerprint density at radius 1 is 1.14 bits per heavy atom. The SMILES string of the molecule is CCCN(C(=O)c1ccc(Cl)c(NC(=O)c2cc3c(C)nc(OC)nc3[nH]c2=O)c1)c1cccc(N)c1.O=C(O)C(F)(F)F. The lowest BCUT2D eigenvalue weighted by molar-refractivity contribution is -0.192. The first-order valence-corrected chi connectivity index (χ1v) is 13.1. The second kappa shape index (κ2) is 13.9. The highest BCUT2D eigenvalue weighted by Gasteiger charge is 2.38. The summed E-state index contributed by atoms with van der Waals surface area (Å²) in [7, 11) is 1.42. The molecule has 2 amide bonds. The summed E-state index contributed by atoms with van der Waals surface area (Å²) in [4.78, 5) is 60.5. The number of aromatic amines is 1.